The number of benzene rings is 1. The molecule has 5 heteroatoms. The summed E-state index contributed by atoms with van der Waals surface area (Å²) in [4.78, 5) is 11.3. The van der Waals surface area contributed by atoms with Gasteiger partial charge < -0.3 is 14.2 Å². The van der Waals surface area contributed by atoms with Gasteiger partial charge in [0.2, 0.25) is 0 Å². The van der Waals surface area contributed by atoms with Crippen molar-refractivity contribution >= 4 is 5.97 Å². The fraction of sp³-hybridized carbons (Fsp3) is 0.417. The van der Waals surface area contributed by atoms with Crippen molar-refractivity contribution in [2.75, 3.05) is 21.0 Å². The maximum Gasteiger partial charge on any atom is 0.340 e. The monoisotopic (exact) mass is 242 g/mol. The van der Waals surface area contributed by atoms with E-state index in [2.05, 4.69) is 4.74 Å². The maximum absolute atomic E-state index is 13.6. The molecule has 1 aromatic carbocycles. The average Bonchev–Trinajstić information content (AvgIpc) is 2.35. The van der Waals surface area contributed by atoms with Gasteiger partial charge in [-0.3, -0.25) is 0 Å². The van der Waals surface area contributed by atoms with Crippen LogP contribution in [0.3, 0.4) is 0 Å². The molecule has 0 radical (unpaired) electrons. The quantitative estimate of drug-likeness (QED) is 0.586. The van der Waals surface area contributed by atoms with E-state index in [4.69, 9.17) is 9.47 Å². The topological polar surface area (TPSA) is 44.8 Å². The molecule has 0 aliphatic heterocycles. The number of carbonyl (C=O) groups is 1. The summed E-state index contributed by atoms with van der Waals surface area (Å²) in [6, 6.07) is 2.61. The summed E-state index contributed by atoms with van der Waals surface area (Å²) in [6.45, 7) is 1.91. The first-order chi connectivity index (χ1) is 8.13. The van der Waals surface area contributed by atoms with Gasteiger partial charge in [-0.05, 0) is 18.1 Å². The second-order valence-electron chi connectivity index (χ2n) is 3.34. The fourth-order valence-corrected chi connectivity index (χ4v) is 1.40. The molecular weight excluding hydrogens is 227 g/mol. The smallest absolute Gasteiger partial charge is 0.340 e. The van der Waals surface area contributed by atoms with Crippen LogP contribution in [0.25, 0.3) is 0 Å². The summed E-state index contributed by atoms with van der Waals surface area (Å²) >= 11 is 0. The number of rotatable bonds is 5. The molecule has 0 spiro atoms. The van der Waals surface area contributed by atoms with Gasteiger partial charge in [0.05, 0.1) is 12.7 Å². The first kappa shape index (κ1) is 13.4. The summed E-state index contributed by atoms with van der Waals surface area (Å²) < 4.78 is 28.1. The highest BCUT2D eigenvalue weighted by Crippen LogP contribution is 2.24. The van der Waals surface area contributed by atoms with Crippen LogP contribution in [-0.2, 0) is 15.9 Å². The number of halogens is 1. The third-order valence-electron chi connectivity index (χ3n) is 2.27. The first-order valence-electron chi connectivity index (χ1n) is 5.16. The van der Waals surface area contributed by atoms with E-state index in [0.717, 1.165) is 5.56 Å². The molecular formula is C12H15FO4. The molecule has 0 bridgehead atoms. The molecule has 0 aliphatic carbocycles. The summed E-state index contributed by atoms with van der Waals surface area (Å²) in [5, 5.41) is 0. The van der Waals surface area contributed by atoms with E-state index in [1.807, 2.05) is 6.92 Å². The third kappa shape index (κ3) is 3.17. The Hall–Kier alpha value is -1.62. The zero-order valence-corrected chi connectivity index (χ0v) is 10.1. The average molecular weight is 242 g/mol. The van der Waals surface area contributed by atoms with E-state index in [1.165, 1.54) is 26.4 Å². The molecule has 0 atom stereocenters. The molecule has 1 rings (SSSR count). The van der Waals surface area contributed by atoms with Gasteiger partial charge in [0.25, 0.3) is 0 Å². The van der Waals surface area contributed by atoms with Crippen molar-refractivity contribution in [3.05, 3.63) is 29.1 Å². The van der Waals surface area contributed by atoms with Gasteiger partial charge >= 0.3 is 5.97 Å². The number of hydrogen-bond acceptors (Lipinski definition) is 4. The Morgan fingerprint density at radius 3 is 2.59 bits per heavy atom. The van der Waals surface area contributed by atoms with E-state index < -0.39 is 11.8 Å². The highest BCUT2D eigenvalue weighted by Gasteiger charge is 2.16. The van der Waals surface area contributed by atoms with Gasteiger partial charge in [0.15, 0.2) is 6.79 Å². The van der Waals surface area contributed by atoms with E-state index in [1.54, 1.807) is 0 Å². The van der Waals surface area contributed by atoms with E-state index in [0.29, 0.717) is 12.2 Å². The highest BCUT2D eigenvalue weighted by atomic mass is 19.1. The Morgan fingerprint density at radius 1 is 1.35 bits per heavy atom. The van der Waals surface area contributed by atoms with Crippen molar-refractivity contribution < 1.29 is 23.4 Å². The Labute approximate surface area is 99.3 Å². The number of esters is 1. The van der Waals surface area contributed by atoms with Crippen molar-refractivity contribution in [3.8, 4) is 5.75 Å². The summed E-state index contributed by atoms with van der Waals surface area (Å²) in [6.07, 6.45) is 0.614. The number of methoxy groups -OCH3 is 2. The number of hydrogen-bond donors (Lipinski definition) is 0. The molecule has 0 aliphatic rings. The molecule has 0 aromatic heterocycles. The van der Waals surface area contributed by atoms with Crippen LogP contribution in [0.15, 0.2) is 12.1 Å². The molecule has 1 aromatic rings. The third-order valence-corrected chi connectivity index (χ3v) is 2.27. The van der Waals surface area contributed by atoms with E-state index in [9.17, 15) is 9.18 Å². The zero-order chi connectivity index (χ0) is 12.8. The van der Waals surface area contributed by atoms with Crippen molar-refractivity contribution in [2.24, 2.45) is 0 Å². The molecule has 4 nitrogen and oxygen atoms in total. The van der Waals surface area contributed by atoms with Gasteiger partial charge in [0, 0.05) is 13.2 Å². The van der Waals surface area contributed by atoms with Crippen molar-refractivity contribution in [2.45, 2.75) is 13.3 Å². The number of ether oxygens (including phenoxy) is 3. The zero-order valence-electron chi connectivity index (χ0n) is 10.1. The molecule has 0 unspecified atom stereocenters. The maximum atomic E-state index is 13.6. The first-order valence-corrected chi connectivity index (χ1v) is 5.16. The predicted molar refractivity (Wildman–Crippen MR) is 59.6 cm³/mol. The molecule has 0 amide bonds. The Morgan fingerprint density at radius 2 is 2.06 bits per heavy atom. The van der Waals surface area contributed by atoms with Gasteiger partial charge in [0.1, 0.15) is 11.6 Å². The van der Waals surface area contributed by atoms with Gasteiger partial charge in [-0.1, -0.05) is 6.92 Å². The van der Waals surface area contributed by atoms with Crippen molar-refractivity contribution in [1.29, 1.82) is 0 Å². The van der Waals surface area contributed by atoms with Crippen molar-refractivity contribution in [1.82, 2.24) is 0 Å². The fourth-order valence-electron chi connectivity index (χ4n) is 1.40. The van der Waals surface area contributed by atoms with Gasteiger partial charge in [-0.2, -0.15) is 0 Å². The van der Waals surface area contributed by atoms with Gasteiger partial charge in [-0.15, -0.1) is 0 Å². The lowest BCUT2D eigenvalue weighted by Gasteiger charge is -2.11. The van der Waals surface area contributed by atoms with Crippen LogP contribution in [0.4, 0.5) is 4.39 Å². The largest absolute Gasteiger partial charge is 0.467 e. The van der Waals surface area contributed by atoms with Crippen LogP contribution in [0.1, 0.15) is 22.8 Å². The summed E-state index contributed by atoms with van der Waals surface area (Å²) in [5.41, 5.74) is 0.637. The van der Waals surface area contributed by atoms with Gasteiger partial charge in [-0.25, -0.2) is 9.18 Å². The molecule has 0 heterocycles. The summed E-state index contributed by atoms with van der Waals surface area (Å²) in [5.74, 6) is -0.991. The minimum atomic E-state index is -0.699. The molecule has 0 N–H and O–H groups in total. The number of aryl methyl sites for hydroxylation is 1. The second-order valence-corrected chi connectivity index (χ2v) is 3.34. The van der Waals surface area contributed by atoms with E-state index >= 15 is 0 Å². The molecule has 0 fully saturated rings. The normalized spacial score (nSPS) is 10.1. The lowest BCUT2D eigenvalue weighted by Crippen LogP contribution is -2.08. The van der Waals surface area contributed by atoms with Crippen LogP contribution >= 0.6 is 0 Å². The lowest BCUT2D eigenvalue weighted by atomic mass is 10.1. The minimum Gasteiger partial charge on any atom is -0.467 e. The Kier molecular flexibility index (Phi) is 4.90. The SMILES string of the molecule is CCc1cc(C(=O)OC)c(F)cc1OCOC. The molecule has 0 saturated carbocycles. The van der Waals surface area contributed by atoms with Crippen LogP contribution in [0.5, 0.6) is 5.75 Å². The van der Waals surface area contributed by atoms with Crippen LogP contribution < -0.4 is 4.74 Å². The van der Waals surface area contributed by atoms with Crippen LogP contribution in [-0.4, -0.2) is 27.0 Å². The summed E-state index contributed by atoms with van der Waals surface area (Å²) in [7, 11) is 2.69. The van der Waals surface area contributed by atoms with Crippen molar-refractivity contribution in [3.63, 3.8) is 0 Å². The van der Waals surface area contributed by atoms with Crippen LogP contribution in [0.2, 0.25) is 0 Å². The number of carbonyl (C=O) groups excluding carboxylic acids is 1. The second kappa shape index (κ2) is 6.20. The molecule has 17 heavy (non-hydrogen) atoms. The Balaban J connectivity index is 3.10. The standard InChI is InChI=1S/C12H15FO4/c1-4-8-5-9(12(14)16-3)10(13)6-11(8)17-7-15-2/h5-6H,4,7H2,1-3H3. The van der Waals surface area contributed by atoms with E-state index in [-0.39, 0.29) is 12.4 Å². The Bertz CT molecular complexity index is 404. The van der Waals surface area contributed by atoms with Crippen LogP contribution in [0, 0.1) is 5.82 Å². The lowest BCUT2D eigenvalue weighted by molar-refractivity contribution is 0.0501. The predicted octanol–water partition coefficient (Wildman–Crippen LogP) is 2.16. The molecule has 94 valence electrons. The highest BCUT2D eigenvalue weighted by molar-refractivity contribution is 5.90. The molecule has 0 saturated heterocycles. The minimum absolute atomic E-state index is 0.0318.